The van der Waals surface area contributed by atoms with Crippen molar-refractivity contribution in [2.75, 3.05) is 0 Å². The molecule has 1 aromatic heterocycles. The van der Waals surface area contributed by atoms with Gasteiger partial charge in [-0.05, 0) is 17.0 Å². The first-order valence-corrected chi connectivity index (χ1v) is 4.31. The van der Waals surface area contributed by atoms with E-state index in [1.165, 1.54) is 12.3 Å². The van der Waals surface area contributed by atoms with Crippen LogP contribution in [0.1, 0.15) is 26.3 Å². The molecule has 2 nitrogen and oxygen atoms in total. The molecule has 0 saturated heterocycles. The van der Waals surface area contributed by atoms with Crippen molar-refractivity contribution in [3.8, 4) is 5.88 Å². The zero-order valence-electron chi connectivity index (χ0n) is 8.42. The number of hydrogen-bond acceptors (Lipinski definition) is 2. The minimum atomic E-state index is -2.82. The van der Waals surface area contributed by atoms with Crippen molar-refractivity contribution in [3.05, 3.63) is 23.9 Å². The van der Waals surface area contributed by atoms with E-state index in [0.29, 0.717) is 0 Å². The monoisotopic (exact) mass is 201 g/mol. The zero-order valence-corrected chi connectivity index (χ0v) is 8.42. The highest BCUT2D eigenvalue weighted by molar-refractivity contribution is 5.26. The van der Waals surface area contributed by atoms with Gasteiger partial charge in [-0.2, -0.15) is 8.78 Å². The lowest BCUT2D eigenvalue weighted by atomic mass is 9.88. The molecule has 0 aliphatic heterocycles. The highest BCUT2D eigenvalue weighted by atomic mass is 19.3. The Bertz CT molecular complexity index is 307. The Hall–Kier alpha value is -1.19. The van der Waals surface area contributed by atoms with E-state index >= 15 is 0 Å². The van der Waals surface area contributed by atoms with Crippen molar-refractivity contribution in [1.29, 1.82) is 0 Å². The number of halogens is 2. The van der Waals surface area contributed by atoms with E-state index in [1.807, 2.05) is 20.8 Å². The van der Waals surface area contributed by atoms with E-state index < -0.39 is 6.61 Å². The Morgan fingerprint density at radius 3 is 2.50 bits per heavy atom. The van der Waals surface area contributed by atoms with Crippen LogP contribution in [0.2, 0.25) is 0 Å². The lowest BCUT2D eigenvalue weighted by molar-refractivity contribution is -0.0529. The van der Waals surface area contributed by atoms with Crippen molar-refractivity contribution < 1.29 is 13.5 Å². The molecule has 1 aromatic rings. The summed E-state index contributed by atoms with van der Waals surface area (Å²) in [5.74, 6) is -0.0348. The second-order valence-electron chi connectivity index (χ2n) is 4.01. The van der Waals surface area contributed by atoms with E-state index in [-0.39, 0.29) is 11.3 Å². The molecular formula is C10H13F2NO. The standard InChI is InChI=1S/C10H13F2NO/c1-10(2,3)7-4-5-13-8(6-7)14-9(11)12/h4-6,9H,1-3H3. The molecular weight excluding hydrogens is 188 g/mol. The maximum Gasteiger partial charge on any atom is 0.388 e. The highest BCUT2D eigenvalue weighted by Crippen LogP contribution is 2.24. The van der Waals surface area contributed by atoms with Gasteiger partial charge in [0.05, 0.1) is 0 Å². The van der Waals surface area contributed by atoms with Gasteiger partial charge in [0.1, 0.15) is 0 Å². The fourth-order valence-corrected chi connectivity index (χ4v) is 1.03. The average molecular weight is 201 g/mol. The van der Waals surface area contributed by atoms with Crippen LogP contribution in [0.3, 0.4) is 0 Å². The van der Waals surface area contributed by atoms with Crippen LogP contribution in [0.15, 0.2) is 18.3 Å². The first kappa shape index (κ1) is 10.9. The van der Waals surface area contributed by atoms with Gasteiger partial charge in [0, 0.05) is 12.3 Å². The van der Waals surface area contributed by atoms with Crippen molar-refractivity contribution >= 4 is 0 Å². The topological polar surface area (TPSA) is 22.1 Å². The molecule has 0 aliphatic carbocycles. The molecule has 78 valence electrons. The van der Waals surface area contributed by atoms with Crippen molar-refractivity contribution in [3.63, 3.8) is 0 Å². The number of nitrogens with zero attached hydrogens (tertiary/aromatic N) is 1. The molecule has 1 rings (SSSR count). The van der Waals surface area contributed by atoms with Gasteiger partial charge in [0.2, 0.25) is 5.88 Å². The number of alkyl halides is 2. The lowest BCUT2D eigenvalue weighted by Crippen LogP contribution is -2.12. The number of ether oxygens (including phenoxy) is 1. The Morgan fingerprint density at radius 1 is 1.36 bits per heavy atom. The number of pyridine rings is 1. The molecule has 0 bridgehead atoms. The smallest absolute Gasteiger partial charge is 0.388 e. The predicted octanol–water partition coefficient (Wildman–Crippen LogP) is 2.98. The summed E-state index contributed by atoms with van der Waals surface area (Å²) in [5, 5.41) is 0. The largest absolute Gasteiger partial charge is 0.417 e. The average Bonchev–Trinajstić information content (AvgIpc) is 2.01. The summed E-state index contributed by atoms with van der Waals surface area (Å²) in [6.45, 7) is 3.16. The van der Waals surface area contributed by atoms with Gasteiger partial charge >= 0.3 is 6.61 Å². The molecule has 0 spiro atoms. The van der Waals surface area contributed by atoms with Crippen molar-refractivity contribution in [2.45, 2.75) is 32.8 Å². The van der Waals surface area contributed by atoms with E-state index in [2.05, 4.69) is 9.72 Å². The first-order chi connectivity index (χ1) is 6.39. The SMILES string of the molecule is CC(C)(C)c1ccnc(OC(F)F)c1. The third kappa shape index (κ3) is 2.94. The maximum atomic E-state index is 11.9. The van der Waals surface area contributed by atoms with Crippen molar-refractivity contribution in [1.82, 2.24) is 4.98 Å². The Labute approximate surface area is 81.9 Å². The van der Waals surface area contributed by atoms with Crippen LogP contribution in [0, 0.1) is 0 Å². The summed E-state index contributed by atoms with van der Waals surface area (Å²) in [7, 11) is 0. The van der Waals surface area contributed by atoms with E-state index in [1.54, 1.807) is 6.07 Å². The summed E-state index contributed by atoms with van der Waals surface area (Å²) < 4.78 is 28.0. The van der Waals surface area contributed by atoms with Crippen LogP contribution < -0.4 is 4.74 Å². The summed E-state index contributed by atoms with van der Waals surface area (Å²) in [6.07, 6.45) is 1.47. The molecule has 1 heterocycles. The second-order valence-corrected chi connectivity index (χ2v) is 4.01. The molecule has 0 unspecified atom stereocenters. The van der Waals surface area contributed by atoms with Crippen LogP contribution in [0.25, 0.3) is 0 Å². The maximum absolute atomic E-state index is 11.9. The first-order valence-electron chi connectivity index (χ1n) is 4.31. The predicted molar refractivity (Wildman–Crippen MR) is 49.6 cm³/mol. The Balaban J connectivity index is 2.90. The van der Waals surface area contributed by atoms with Gasteiger partial charge in [0.25, 0.3) is 0 Å². The second kappa shape index (κ2) is 3.90. The molecule has 0 radical (unpaired) electrons. The summed E-state index contributed by atoms with van der Waals surface area (Å²) >= 11 is 0. The normalized spacial score (nSPS) is 11.9. The molecule has 0 aromatic carbocycles. The zero-order chi connectivity index (χ0) is 10.8. The van der Waals surface area contributed by atoms with Gasteiger partial charge in [-0.1, -0.05) is 20.8 Å². The third-order valence-electron chi connectivity index (χ3n) is 1.81. The lowest BCUT2D eigenvalue weighted by Gasteiger charge is -2.19. The van der Waals surface area contributed by atoms with E-state index in [9.17, 15) is 8.78 Å². The molecule has 0 fully saturated rings. The van der Waals surface area contributed by atoms with Gasteiger partial charge in [-0.25, -0.2) is 4.98 Å². The van der Waals surface area contributed by atoms with Crippen LogP contribution in [0.5, 0.6) is 5.88 Å². The van der Waals surface area contributed by atoms with Crippen LogP contribution in [-0.4, -0.2) is 11.6 Å². The Kier molecular flexibility index (Phi) is 3.03. The quantitative estimate of drug-likeness (QED) is 0.733. The van der Waals surface area contributed by atoms with Gasteiger partial charge in [-0.15, -0.1) is 0 Å². The minimum absolute atomic E-state index is 0.0348. The number of aromatic nitrogens is 1. The van der Waals surface area contributed by atoms with Gasteiger partial charge in [0.15, 0.2) is 0 Å². The fraction of sp³-hybridized carbons (Fsp3) is 0.500. The van der Waals surface area contributed by atoms with Crippen LogP contribution in [-0.2, 0) is 5.41 Å². The summed E-state index contributed by atoms with van der Waals surface area (Å²) in [5.41, 5.74) is 0.826. The summed E-state index contributed by atoms with van der Waals surface area (Å²) in [4.78, 5) is 3.69. The molecule has 0 atom stereocenters. The van der Waals surface area contributed by atoms with Crippen molar-refractivity contribution in [2.24, 2.45) is 0 Å². The highest BCUT2D eigenvalue weighted by Gasteiger charge is 2.15. The number of rotatable bonds is 2. The third-order valence-corrected chi connectivity index (χ3v) is 1.81. The molecule has 4 heteroatoms. The number of hydrogen-bond donors (Lipinski definition) is 0. The molecule has 0 aliphatic rings. The van der Waals surface area contributed by atoms with Crippen LogP contribution >= 0.6 is 0 Å². The van der Waals surface area contributed by atoms with Gasteiger partial charge in [-0.3, -0.25) is 0 Å². The minimum Gasteiger partial charge on any atom is -0.417 e. The van der Waals surface area contributed by atoms with Gasteiger partial charge < -0.3 is 4.74 Å². The van der Waals surface area contributed by atoms with Crippen LogP contribution in [0.4, 0.5) is 8.78 Å². The Morgan fingerprint density at radius 2 is 2.00 bits per heavy atom. The molecule has 14 heavy (non-hydrogen) atoms. The van der Waals surface area contributed by atoms with E-state index in [0.717, 1.165) is 5.56 Å². The fourth-order valence-electron chi connectivity index (χ4n) is 1.03. The summed E-state index contributed by atoms with van der Waals surface area (Å²) in [6, 6.07) is 3.32. The van der Waals surface area contributed by atoms with E-state index in [4.69, 9.17) is 0 Å². The molecule has 0 N–H and O–H groups in total. The molecule has 0 saturated carbocycles. The molecule has 0 amide bonds.